The van der Waals surface area contributed by atoms with E-state index in [1.807, 2.05) is 36.5 Å². The number of benzene rings is 1. The van der Waals surface area contributed by atoms with Crippen LogP contribution in [0.3, 0.4) is 0 Å². The minimum Gasteiger partial charge on any atom is -0.465 e. The summed E-state index contributed by atoms with van der Waals surface area (Å²) in [5.74, 6) is -2.79. The third kappa shape index (κ3) is 6.53. The normalized spacial score (nSPS) is 23.7. The number of carbonyl (C=O) groups excluding carboxylic acids is 4. The van der Waals surface area contributed by atoms with Crippen LogP contribution in [-0.2, 0) is 25.6 Å². The van der Waals surface area contributed by atoms with Crippen molar-refractivity contribution in [2.75, 3.05) is 13.1 Å². The van der Waals surface area contributed by atoms with Crippen molar-refractivity contribution < 1.29 is 39.3 Å². The van der Waals surface area contributed by atoms with E-state index in [-0.39, 0.29) is 25.9 Å². The third-order valence-corrected chi connectivity index (χ3v) is 7.72. The lowest BCUT2D eigenvalue weighted by atomic mass is 9.85. The highest BCUT2D eigenvalue weighted by Crippen LogP contribution is 2.36. The highest BCUT2D eigenvalue weighted by Gasteiger charge is 2.53. The van der Waals surface area contributed by atoms with Crippen LogP contribution in [0.2, 0.25) is 0 Å². The Kier molecular flexibility index (Phi) is 9.74. The summed E-state index contributed by atoms with van der Waals surface area (Å²) < 4.78 is 0. The first kappa shape index (κ1) is 30.8. The van der Waals surface area contributed by atoms with Gasteiger partial charge in [0.1, 0.15) is 23.7 Å². The van der Waals surface area contributed by atoms with Crippen molar-refractivity contribution in [2.24, 2.45) is 5.73 Å². The number of aliphatic hydroxyl groups is 2. The molecule has 13 heteroatoms. The molecule has 0 unspecified atom stereocenters. The van der Waals surface area contributed by atoms with Crippen LogP contribution in [-0.4, -0.2) is 104 Å². The molecule has 7 N–H and O–H groups in total. The maximum atomic E-state index is 14.1. The van der Waals surface area contributed by atoms with Crippen LogP contribution in [0.4, 0.5) is 4.79 Å². The Morgan fingerprint density at radius 2 is 1.62 bits per heavy atom. The number of rotatable bonds is 10. The van der Waals surface area contributed by atoms with E-state index in [9.17, 15) is 34.2 Å². The van der Waals surface area contributed by atoms with E-state index in [1.165, 1.54) is 23.6 Å². The van der Waals surface area contributed by atoms with Crippen molar-refractivity contribution in [3.63, 3.8) is 0 Å². The molecule has 2 saturated heterocycles. The van der Waals surface area contributed by atoms with E-state index >= 15 is 0 Å². The third-order valence-electron chi connectivity index (χ3n) is 7.72. The quantitative estimate of drug-likeness (QED) is 0.214. The number of hydrogen-bond donors (Lipinski definition) is 6. The number of hydrogen-bond acceptors (Lipinski definition) is 7. The molecule has 5 amide bonds. The summed E-state index contributed by atoms with van der Waals surface area (Å²) in [6.07, 6.45) is -2.49. The van der Waals surface area contributed by atoms with E-state index in [0.29, 0.717) is 19.3 Å². The molecule has 2 heterocycles. The Bertz CT molecular complexity index is 1120. The average molecular weight is 562 g/mol. The average Bonchev–Trinajstić information content (AvgIpc) is 3.54. The molecule has 220 valence electrons. The first-order valence-corrected chi connectivity index (χ1v) is 13.4. The highest BCUT2D eigenvalue weighted by atomic mass is 16.4. The molecule has 0 bridgehead atoms. The molecule has 2 fully saturated rings. The Labute approximate surface area is 232 Å². The number of nitrogens with two attached hydrogens (primary N) is 1. The van der Waals surface area contributed by atoms with Crippen LogP contribution in [0, 0.1) is 6.92 Å². The summed E-state index contributed by atoms with van der Waals surface area (Å²) >= 11 is 0. The first-order chi connectivity index (χ1) is 18.8. The second-order valence-electron chi connectivity index (χ2n) is 10.7. The lowest BCUT2D eigenvalue weighted by Crippen LogP contribution is -2.65. The second kappa shape index (κ2) is 12.6. The van der Waals surface area contributed by atoms with Crippen LogP contribution >= 0.6 is 0 Å². The van der Waals surface area contributed by atoms with Crippen LogP contribution in [0.5, 0.6) is 0 Å². The second-order valence-corrected chi connectivity index (χ2v) is 10.7. The van der Waals surface area contributed by atoms with Gasteiger partial charge in [-0.3, -0.25) is 19.2 Å². The number of nitrogens with zero attached hydrogens (tertiary/aromatic N) is 2. The van der Waals surface area contributed by atoms with Gasteiger partial charge in [-0.2, -0.15) is 0 Å². The van der Waals surface area contributed by atoms with Crippen molar-refractivity contribution in [3.8, 4) is 0 Å². The molecular formula is C27H39N5O8. The zero-order valence-electron chi connectivity index (χ0n) is 23.0. The largest absolute Gasteiger partial charge is 0.465 e. The van der Waals surface area contributed by atoms with E-state index < -0.39 is 65.6 Å². The molecule has 0 spiro atoms. The van der Waals surface area contributed by atoms with Gasteiger partial charge in [-0.15, -0.1) is 0 Å². The maximum absolute atomic E-state index is 14.1. The molecule has 0 aromatic heterocycles. The zero-order chi connectivity index (χ0) is 29.8. The highest BCUT2D eigenvalue weighted by molar-refractivity contribution is 5.98. The number of amides is 5. The Hall–Kier alpha value is -3.71. The molecule has 3 rings (SSSR count). The lowest BCUT2D eigenvalue weighted by Gasteiger charge is -2.41. The predicted octanol–water partition coefficient (Wildman–Crippen LogP) is -0.742. The van der Waals surface area contributed by atoms with Crippen molar-refractivity contribution in [1.29, 1.82) is 0 Å². The van der Waals surface area contributed by atoms with Crippen molar-refractivity contribution in [2.45, 2.75) is 88.7 Å². The van der Waals surface area contributed by atoms with E-state index in [2.05, 4.69) is 5.32 Å². The Morgan fingerprint density at radius 1 is 1.00 bits per heavy atom. The maximum Gasteiger partial charge on any atom is 0.405 e. The van der Waals surface area contributed by atoms with Gasteiger partial charge in [-0.1, -0.05) is 29.8 Å². The molecule has 1 aromatic rings. The topological polar surface area (TPSA) is 203 Å². The molecule has 0 aliphatic carbocycles. The van der Waals surface area contributed by atoms with Crippen LogP contribution < -0.4 is 16.4 Å². The summed E-state index contributed by atoms with van der Waals surface area (Å²) in [5.41, 5.74) is 5.77. The van der Waals surface area contributed by atoms with Gasteiger partial charge in [0.25, 0.3) is 0 Å². The molecule has 13 nitrogen and oxygen atoms in total. The predicted molar refractivity (Wildman–Crippen MR) is 143 cm³/mol. The fourth-order valence-electron chi connectivity index (χ4n) is 5.62. The van der Waals surface area contributed by atoms with Crippen LogP contribution in [0.1, 0.15) is 50.7 Å². The van der Waals surface area contributed by atoms with Gasteiger partial charge < -0.3 is 41.5 Å². The smallest absolute Gasteiger partial charge is 0.405 e. The number of carboxylic acid groups (broad SMARTS) is 1. The minimum absolute atomic E-state index is 0.119. The summed E-state index contributed by atoms with van der Waals surface area (Å²) in [6.45, 7) is 4.91. The molecule has 1 aromatic carbocycles. The molecule has 40 heavy (non-hydrogen) atoms. The number of aliphatic hydroxyl groups excluding tert-OH is 2. The van der Waals surface area contributed by atoms with Gasteiger partial charge in [0, 0.05) is 19.5 Å². The molecule has 0 radical (unpaired) electrons. The summed E-state index contributed by atoms with van der Waals surface area (Å²) in [4.78, 5) is 67.2. The first-order valence-electron chi connectivity index (χ1n) is 13.4. The zero-order valence-corrected chi connectivity index (χ0v) is 23.0. The van der Waals surface area contributed by atoms with E-state index in [0.717, 1.165) is 11.1 Å². The fraction of sp³-hybridized carbons (Fsp3) is 0.593. The summed E-state index contributed by atoms with van der Waals surface area (Å²) in [7, 11) is 0. The van der Waals surface area contributed by atoms with Crippen molar-refractivity contribution in [1.82, 2.24) is 20.4 Å². The van der Waals surface area contributed by atoms with Gasteiger partial charge in [-0.05, 0) is 52.0 Å². The summed E-state index contributed by atoms with van der Waals surface area (Å²) in [6, 6.07) is 3.64. The van der Waals surface area contributed by atoms with Gasteiger partial charge in [0.05, 0.1) is 12.2 Å². The van der Waals surface area contributed by atoms with E-state index in [4.69, 9.17) is 10.8 Å². The minimum atomic E-state index is -1.49. The van der Waals surface area contributed by atoms with Gasteiger partial charge in [0.2, 0.25) is 23.6 Å². The lowest BCUT2D eigenvalue weighted by molar-refractivity contribution is -0.153. The SMILES string of the molecule is Cc1ccc(C[C@@]2(C(=O)N[C@H](C(N)=O)[C@@H](C)O)CCCN2C(=O)[C@@H]2CCCN2C(=O)[C@@H](NC(=O)O)[C@@H](C)O)cc1. The Balaban J connectivity index is 1.98. The van der Waals surface area contributed by atoms with Crippen molar-refractivity contribution in [3.05, 3.63) is 35.4 Å². The fourth-order valence-corrected chi connectivity index (χ4v) is 5.62. The van der Waals surface area contributed by atoms with Gasteiger partial charge >= 0.3 is 6.09 Å². The van der Waals surface area contributed by atoms with Gasteiger partial charge in [0.15, 0.2) is 0 Å². The molecule has 2 aliphatic rings. The molecule has 2 aliphatic heterocycles. The van der Waals surface area contributed by atoms with Crippen LogP contribution in [0.15, 0.2) is 24.3 Å². The van der Waals surface area contributed by atoms with Crippen LogP contribution in [0.25, 0.3) is 0 Å². The monoisotopic (exact) mass is 561 g/mol. The van der Waals surface area contributed by atoms with E-state index in [1.54, 1.807) is 0 Å². The number of aryl methyl sites for hydroxylation is 1. The molecular weight excluding hydrogens is 522 g/mol. The molecule has 0 saturated carbocycles. The number of carbonyl (C=O) groups is 5. The van der Waals surface area contributed by atoms with Gasteiger partial charge in [-0.25, -0.2) is 4.79 Å². The Morgan fingerprint density at radius 3 is 2.17 bits per heavy atom. The number of likely N-dealkylation sites (tertiary alicyclic amines) is 2. The standard InChI is InChI=1S/C27H39N5O8/c1-15-7-9-18(10-8-15)14-27(25(38)29-20(16(2)33)22(28)35)11-5-13-32(27)23(36)19-6-4-12-31(19)24(37)21(17(3)34)30-26(39)40/h7-10,16-17,19-21,30,33-34H,4-6,11-14H2,1-3H3,(H2,28,35)(H,29,38)(H,39,40)/t16-,17-,19+,20+,21+,27-/m1/s1. The number of primary amides is 1. The van der Waals surface area contributed by atoms with Crippen molar-refractivity contribution >= 4 is 29.7 Å². The molecule has 6 atom stereocenters. The summed E-state index contributed by atoms with van der Waals surface area (Å²) in [5, 5.41) is 33.8. The number of nitrogens with one attached hydrogen (secondary N) is 2.